The van der Waals surface area contributed by atoms with Gasteiger partial charge in [0.1, 0.15) is 6.54 Å². The molecule has 100 valence electrons. The lowest BCUT2D eigenvalue weighted by Crippen LogP contribution is -2.35. The van der Waals surface area contributed by atoms with Gasteiger partial charge in [-0.3, -0.25) is 14.6 Å². The van der Waals surface area contributed by atoms with E-state index in [1.807, 2.05) is 0 Å². The van der Waals surface area contributed by atoms with Gasteiger partial charge in [-0.05, 0) is 24.3 Å². The molecule has 0 bridgehead atoms. The Kier molecular flexibility index (Phi) is 4.13. The van der Waals surface area contributed by atoms with Crippen LogP contribution in [0.1, 0.15) is 0 Å². The second kappa shape index (κ2) is 5.99. The van der Waals surface area contributed by atoms with E-state index in [1.165, 1.54) is 0 Å². The number of carbonyl (C=O) groups excluding carboxylic acids is 2. The molecule has 0 unspecified atom stereocenters. The minimum absolute atomic E-state index is 0.230. The molecule has 2 rings (SSSR count). The van der Waals surface area contributed by atoms with Gasteiger partial charge in [0.05, 0.1) is 22.3 Å². The number of hydrogen-bond donors (Lipinski definition) is 2. The third-order valence-corrected chi connectivity index (χ3v) is 2.83. The van der Waals surface area contributed by atoms with Crippen LogP contribution in [0, 0.1) is 11.3 Å². The Balaban J connectivity index is 2.27. The lowest BCUT2D eigenvalue weighted by atomic mass is 10.2. The molecule has 2 aromatic rings. The zero-order chi connectivity index (χ0) is 14.5. The highest BCUT2D eigenvalue weighted by Gasteiger charge is 2.15. The maximum atomic E-state index is 11.7. The molecule has 0 saturated carbocycles. The SMILES string of the molecule is N#CCNC(=O)C(=O)Nc1ccc(Cl)c2cccnc12. The second-order valence-electron chi connectivity index (χ2n) is 3.79. The first-order valence-corrected chi connectivity index (χ1v) is 6.00. The molecule has 1 heterocycles. The number of hydrogen-bond acceptors (Lipinski definition) is 4. The quantitative estimate of drug-likeness (QED) is 0.646. The molecular weight excluding hydrogens is 280 g/mol. The van der Waals surface area contributed by atoms with Gasteiger partial charge in [0, 0.05) is 11.6 Å². The molecular formula is C13H9ClN4O2. The van der Waals surface area contributed by atoms with Gasteiger partial charge in [-0.2, -0.15) is 5.26 Å². The van der Waals surface area contributed by atoms with Crippen LogP contribution in [0.5, 0.6) is 0 Å². The van der Waals surface area contributed by atoms with E-state index in [9.17, 15) is 9.59 Å². The molecule has 20 heavy (non-hydrogen) atoms. The Morgan fingerprint density at radius 2 is 2.10 bits per heavy atom. The van der Waals surface area contributed by atoms with Crippen molar-refractivity contribution < 1.29 is 9.59 Å². The minimum atomic E-state index is -0.884. The summed E-state index contributed by atoms with van der Waals surface area (Å²) in [4.78, 5) is 27.2. The highest BCUT2D eigenvalue weighted by Crippen LogP contribution is 2.27. The number of nitrogens with one attached hydrogen (secondary N) is 2. The molecule has 0 radical (unpaired) electrons. The van der Waals surface area contributed by atoms with E-state index < -0.39 is 11.8 Å². The summed E-state index contributed by atoms with van der Waals surface area (Å²) >= 11 is 6.03. The number of rotatable bonds is 2. The molecule has 6 nitrogen and oxygen atoms in total. The number of halogens is 1. The number of nitrogens with zero attached hydrogens (tertiary/aromatic N) is 2. The average Bonchev–Trinajstić information content (AvgIpc) is 2.47. The van der Waals surface area contributed by atoms with Gasteiger partial charge < -0.3 is 10.6 Å². The molecule has 0 atom stereocenters. The summed E-state index contributed by atoms with van der Waals surface area (Å²) in [6.07, 6.45) is 1.56. The molecule has 1 aromatic heterocycles. The van der Waals surface area contributed by atoms with Crippen molar-refractivity contribution in [2.24, 2.45) is 0 Å². The van der Waals surface area contributed by atoms with Crippen molar-refractivity contribution in [2.45, 2.75) is 0 Å². The Hall–Kier alpha value is -2.65. The van der Waals surface area contributed by atoms with Crippen LogP contribution in [0.3, 0.4) is 0 Å². The number of amides is 2. The van der Waals surface area contributed by atoms with Crippen LogP contribution in [-0.4, -0.2) is 23.3 Å². The fourth-order valence-corrected chi connectivity index (χ4v) is 1.83. The molecule has 0 saturated heterocycles. The second-order valence-corrected chi connectivity index (χ2v) is 4.20. The van der Waals surface area contributed by atoms with Crippen LogP contribution >= 0.6 is 11.6 Å². The Morgan fingerprint density at radius 1 is 1.30 bits per heavy atom. The largest absolute Gasteiger partial charge is 0.335 e. The molecule has 2 amide bonds. The van der Waals surface area contributed by atoms with Crippen molar-refractivity contribution in [3.05, 3.63) is 35.5 Å². The van der Waals surface area contributed by atoms with Gasteiger partial charge in [0.15, 0.2) is 0 Å². The van der Waals surface area contributed by atoms with E-state index in [0.29, 0.717) is 21.6 Å². The summed E-state index contributed by atoms with van der Waals surface area (Å²) in [5.74, 6) is -1.75. The van der Waals surface area contributed by atoms with E-state index in [2.05, 4.69) is 15.6 Å². The van der Waals surface area contributed by atoms with Crippen LogP contribution in [0.15, 0.2) is 30.5 Å². The topological polar surface area (TPSA) is 94.9 Å². The number of anilines is 1. The van der Waals surface area contributed by atoms with Crippen LogP contribution in [0.2, 0.25) is 5.02 Å². The molecule has 0 aliphatic carbocycles. The maximum absolute atomic E-state index is 11.7. The van der Waals surface area contributed by atoms with E-state index in [-0.39, 0.29) is 6.54 Å². The van der Waals surface area contributed by atoms with Gasteiger partial charge in [-0.25, -0.2) is 0 Å². The van der Waals surface area contributed by atoms with Crippen LogP contribution in [0.4, 0.5) is 5.69 Å². The zero-order valence-corrected chi connectivity index (χ0v) is 10.9. The molecule has 0 spiro atoms. The summed E-state index contributed by atoms with van der Waals surface area (Å²) in [7, 11) is 0. The smallest absolute Gasteiger partial charge is 0.313 e. The fraction of sp³-hybridized carbons (Fsp3) is 0.0769. The summed E-state index contributed by atoms with van der Waals surface area (Å²) in [6.45, 7) is -0.230. The van der Waals surface area contributed by atoms with Crippen molar-refractivity contribution in [3.63, 3.8) is 0 Å². The lowest BCUT2D eigenvalue weighted by molar-refractivity contribution is -0.136. The van der Waals surface area contributed by atoms with E-state index in [0.717, 1.165) is 0 Å². The number of carbonyl (C=O) groups is 2. The molecule has 0 fully saturated rings. The summed E-state index contributed by atoms with van der Waals surface area (Å²) < 4.78 is 0. The van der Waals surface area contributed by atoms with E-state index in [4.69, 9.17) is 16.9 Å². The Labute approximate surface area is 119 Å². The first-order chi connectivity index (χ1) is 9.63. The van der Waals surface area contributed by atoms with Crippen LogP contribution < -0.4 is 10.6 Å². The van der Waals surface area contributed by atoms with Crippen molar-refractivity contribution in [2.75, 3.05) is 11.9 Å². The van der Waals surface area contributed by atoms with Crippen molar-refractivity contribution in [3.8, 4) is 6.07 Å². The molecule has 1 aromatic carbocycles. The third kappa shape index (κ3) is 2.84. The molecule has 0 aliphatic heterocycles. The van der Waals surface area contributed by atoms with Gasteiger partial charge in [0.2, 0.25) is 0 Å². The number of aromatic nitrogens is 1. The Morgan fingerprint density at radius 3 is 2.85 bits per heavy atom. The van der Waals surface area contributed by atoms with Crippen molar-refractivity contribution >= 4 is 40.0 Å². The van der Waals surface area contributed by atoms with Gasteiger partial charge in [0.25, 0.3) is 0 Å². The number of benzene rings is 1. The number of fused-ring (bicyclic) bond motifs is 1. The van der Waals surface area contributed by atoms with Gasteiger partial charge >= 0.3 is 11.8 Å². The van der Waals surface area contributed by atoms with Crippen molar-refractivity contribution in [1.82, 2.24) is 10.3 Å². The fourth-order valence-electron chi connectivity index (χ4n) is 1.62. The van der Waals surface area contributed by atoms with Gasteiger partial charge in [-0.15, -0.1) is 0 Å². The Bertz CT molecular complexity index is 724. The maximum Gasteiger partial charge on any atom is 0.313 e. The summed E-state index contributed by atoms with van der Waals surface area (Å²) in [5.41, 5.74) is 0.864. The molecule has 7 heteroatoms. The monoisotopic (exact) mass is 288 g/mol. The highest BCUT2D eigenvalue weighted by atomic mass is 35.5. The number of nitriles is 1. The number of pyridine rings is 1. The van der Waals surface area contributed by atoms with E-state index >= 15 is 0 Å². The molecule has 0 aliphatic rings. The van der Waals surface area contributed by atoms with Crippen molar-refractivity contribution in [1.29, 1.82) is 5.26 Å². The summed E-state index contributed by atoms with van der Waals surface area (Å²) in [5, 5.41) is 14.1. The predicted molar refractivity (Wildman–Crippen MR) is 74.0 cm³/mol. The molecule has 2 N–H and O–H groups in total. The lowest BCUT2D eigenvalue weighted by Gasteiger charge is -2.08. The highest BCUT2D eigenvalue weighted by molar-refractivity contribution is 6.40. The zero-order valence-electron chi connectivity index (χ0n) is 10.2. The third-order valence-electron chi connectivity index (χ3n) is 2.50. The van der Waals surface area contributed by atoms with E-state index in [1.54, 1.807) is 36.5 Å². The summed E-state index contributed by atoms with van der Waals surface area (Å²) in [6, 6.07) is 8.36. The van der Waals surface area contributed by atoms with Crippen LogP contribution in [-0.2, 0) is 9.59 Å². The normalized spacial score (nSPS) is 9.80. The van der Waals surface area contributed by atoms with Crippen LogP contribution in [0.25, 0.3) is 10.9 Å². The predicted octanol–water partition coefficient (Wildman–Crippen LogP) is 1.47. The van der Waals surface area contributed by atoms with Gasteiger partial charge in [-0.1, -0.05) is 11.6 Å². The standard InChI is InChI=1S/C13H9ClN4O2/c14-9-3-4-10(11-8(9)2-1-6-16-11)18-13(20)12(19)17-7-5-15/h1-4,6H,7H2,(H,17,19)(H,18,20). The first kappa shape index (κ1) is 13.8. The first-order valence-electron chi connectivity index (χ1n) is 5.63. The minimum Gasteiger partial charge on any atom is -0.335 e. The average molecular weight is 289 g/mol.